The molecule has 0 spiro atoms. The first-order valence-electron chi connectivity index (χ1n) is 2.29. The first-order valence-corrected chi connectivity index (χ1v) is 4.78. The Kier molecular flexibility index (Phi) is 2.55. The molecule has 0 bridgehead atoms. The fourth-order valence-electron chi connectivity index (χ4n) is 0.380. The largest absolute Gasteiger partial charge is 0.454 e. The summed E-state index contributed by atoms with van der Waals surface area (Å²) in [5.41, 5.74) is 0. The highest BCUT2D eigenvalue weighted by Crippen LogP contribution is 2.24. The lowest BCUT2D eigenvalue weighted by Crippen LogP contribution is -2.00. The van der Waals surface area contributed by atoms with Crippen molar-refractivity contribution in [2.75, 3.05) is 11.7 Å². The molecule has 0 N–H and O–H groups in total. The van der Waals surface area contributed by atoms with Gasteiger partial charge in [0, 0.05) is 5.75 Å². The third kappa shape index (κ3) is 1.96. The number of rotatable bonds is 0. The van der Waals surface area contributed by atoms with Crippen molar-refractivity contribution in [3.8, 4) is 0 Å². The molecule has 4 heteroatoms. The first kappa shape index (κ1) is 6.29. The summed E-state index contributed by atoms with van der Waals surface area (Å²) in [7, 11) is 3.28. The van der Waals surface area contributed by atoms with E-state index in [1.807, 2.05) is 0 Å². The minimum absolute atomic E-state index is 0.0671. The number of hydrogen-bond acceptors (Lipinski definition) is 4. The summed E-state index contributed by atoms with van der Waals surface area (Å²) in [4.78, 5) is 10.4. The van der Waals surface area contributed by atoms with Gasteiger partial charge < -0.3 is 4.74 Å². The molecule has 0 saturated carbocycles. The van der Waals surface area contributed by atoms with Gasteiger partial charge in [-0.2, -0.15) is 0 Å². The zero-order valence-corrected chi connectivity index (χ0v) is 5.89. The maximum atomic E-state index is 10.4. The van der Waals surface area contributed by atoms with Crippen molar-refractivity contribution in [3.05, 3.63) is 0 Å². The topological polar surface area (TPSA) is 26.3 Å². The van der Waals surface area contributed by atoms with Gasteiger partial charge in [-0.25, -0.2) is 0 Å². The van der Waals surface area contributed by atoms with Crippen LogP contribution in [0.15, 0.2) is 0 Å². The van der Waals surface area contributed by atoms with Gasteiger partial charge in [-0.05, 0) is 0 Å². The third-order valence-electron chi connectivity index (χ3n) is 0.741. The van der Waals surface area contributed by atoms with Crippen LogP contribution in [0.4, 0.5) is 0 Å². The molecule has 0 unspecified atom stereocenters. The summed E-state index contributed by atoms with van der Waals surface area (Å²) in [5.74, 6) is 1.34. The van der Waals surface area contributed by atoms with Crippen LogP contribution >= 0.6 is 21.6 Å². The third-order valence-corrected chi connectivity index (χ3v) is 2.78. The second kappa shape index (κ2) is 3.25. The van der Waals surface area contributed by atoms with Gasteiger partial charge in [-0.15, -0.1) is 0 Å². The summed E-state index contributed by atoms with van der Waals surface area (Å²) >= 11 is 0. The number of carbonyl (C=O) groups excluding carboxylic acids is 1. The maximum absolute atomic E-state index is 10.4. The number of carbonyl (C=O) groups is 1. The number of cyclic esters (lactones) is 1. The van der Waals surface area contributed by atoms with Crippen LogP contribution in [0.25, 0.3) is 0 Å². The van der Waals surface area contributed by atoms with Gasteiger partial charge in [0.25, 0.3) is 0 Å². The van der Waals surface area contributed by atoms with Crippen molar-refractivity contribution in [3.63, 3.8) is 0 Å². The molecule has 0 aromatic heterocycles. The average Bonchev–Trinajstić information content (AvgIpc) is 1.94. The van der Waals surface area contributed by atoms with E-state index in [0.29, 0.717) is 12.4 Å². The van der Waals surface area contributed by atoms with Gasteiger partial charge in [-0.1, -0.05) is 21.6 Å². The van der Waals surface area contributed by atoms with Crippen LogP contribution in [0.1, 0.15) is 6.42 Å². The molecule has 0 aromatic rings. The van der Waals surface area contributed by atoms with Crippen LogP contribution in [0.2, 0.25) is 0 Å². The molecule has 2 nitrogen and oxygen atoms in total. The average molecular weight is 150 g/mol. The highest BCUT2D eigenvalue weighted by molar-refractivity contribution is 8.76. The van der Waals surface area contributed by atoms with Crippen molar-refractivity contribution in [1.82, 2.24) is 0 Å². The molecule has 0 aliphatic carbocycles. The lowest BCUT2D eigenvalue weighted by Gasteiger charge is -1.92. The lowest BCUT2D eigenvalue weighted by atomic mass is 10.5. The zero-order chi connectivity index (χ0) is 5.82. The van der Waals surface area contributed by atoms with Crippen molar-refractivity contribution in [2.45, 2.75) is 6.42 Å². The second-order valence-electron chi connectivity index (χ2n) is 1.32. The molecule has 0 radical (unpaired) electrons. The zero-order valence-electron chi connectivity index (χ0n) is 4.25. The standard InChI is InChI=1S/C4H6O2S2/c5-4-1-2-7-8-3-6-4/h1-3H2. The Balaban J connectivity index is 2.27. The predicted molar refractivity (Wildman–Crippen MR) is 35.6 cm³/mol. The Morgan fingerprint density at radius 1 is 1.50 bits per heavy atom. The molecule has 46 valence electrons. The van der Waals surface area contributed by atoms with Crippen LogP contribution in [-0.4, -0.2) is 17.7 Å². The summed E-state index contributed by atoms with van der Waals surface area (Å²) in [6.45, 7) is 0. The van der Waals surface area contributed by atoms with Crippen molar-refractivity contribution in [1.29, 1.82) is 0 Å². The molecule has 8 heavy (non-hydrogen) atoms. The van der Waals surface area contributed by atoms with E-state index in [1.165, 1.54) is 0 Å². The SMILES string of the molecule is O=C1CCSSCO1. The van der Waals surface area contributed by atoms with Crippen molar-refractivity contribution < 1.29 is 9.53 Å². The number of ether oxygens (including phenoxy) is 1. The van der Waals surface area contributed by atoms with Gasteiger partial charge in [0.2, 0.25) is 0 Å². The monoisotopic (exact) mass is 150 g/mol. The fraction of sp³-hybridized carbons (Fsp3) is 0.750. The van der Waals surface area contributed by atoms with Crippen molar-refractivity contribution >= 4 is 27.6 Å². The number of hydrogen-bond donors (Lipinski definition) is 0. The molecular formula is C4H6O2S2. The molecule has 0 aromatic carbocycles. The van der Waals surface area contributed by atoms with E-state index in [4.69, 9.17) is 4.74 Å². The van der Waals surface area contributed by atoms with Crippen LogP contribution in [-0.2, 0) is 9.53 Å². The summed E-state index contributed by atoms with van der Waals surface area (Å²) in [5, 5.41) is 0. The molecule has 1 fully saturated rings. The van der Waals surface area contributed by atoms with Crippen molar-refractivity contribution in [2.24, 2.45) is 0 Å². The summed E-state index contributed by atoms with van der Waals surface area (Å²) in [6, 6.07) is 0. The lowest BCUT2D eigenvalue weighted by molar-refractivity contribution is -0.140. The molecule has 0 amide bonds. The Morgan fingerprint density at radius 2 is 2.38 bits per heavy atom. The molecule has 1 aliphatic rings. The van der Waals surface area contributed by atoms with Gasteiger partial charge in [0.05, 0.1) is 6.42 Å². The first-order chi connectivity index (χ1) is 3.89. The summed E-state index contributed by atoms with van der Waals surface area (Å²) < 4.78 is 4.71. The Bertz CT molecular complexity index is 84.0. The molecule has 0 atom stereocenters. The van der Waals surface area contributed by atoms with E-state index in [9.17, 15) is 4.79 Å². The molecule has 1 rings (SSSR count). The second-order valence-corrected chi connectivity index (χ2v) is 3.85. The van der Waals surface area contributed by atoms with Crippen LogP contribution in [0.3, 0.4) is 0 Å². The van der Waals surface area contributed by atoms with Gasteiger partial charge in [0.15, 0.2) is 0 Å². The van der Waals surface area contributed by atoms with E-state index in [1.54, 1.807) is 21.6 Å². The van der Waals surface area contributed by atoms with E-state index in [-0.39, 0.29) is 5.97 Å². The highest BCUT2D eigenvalue weighted by atomic mass is 33.1. The van der Waals surface area contributed by atoms with E-state index in [0.717, 1.165) is 5.75 Å². The Morgan fingerprint density at radius 3 is 3.25 bits per heavy atom. The maximum Gasteiger partial charge on any atom is 0.307 e. The highest BCUT2D eigenvalue weighted by Gasteiger charge is 2.06. The Labute approximate surface area is 55.7 Å². The van der Waals surface area contributed by atoms with Crippen LogP contribution in [0, 0.1) is 0 Å². The normalized spacial score (nSPS) is 21.8. The van der Waals surface area contributed by atoms with Gasteiger partial charge in [-0.3, -0.25) is 4.79 Å². The molecule has 1 aliphatic heterocycles. The summed E-state index contributed by atoms with van der Waals surface area (Å²) in [6.07, 6.45) is 0.567. The minimum atomic E-state index is -0.0671. The van der Waals surface area contributed by atoms with E-state index >= 15 is 0 Å². The van der Waals surface area contributed by atoms with E-state index < -0.39 is 0 Å². The minimum Gasteiger partial charge on any atom is -0.454 e. The fourth-order valence-corrected chi connectivity index (χ4v) is 1.95. The quantitative estimate of drug-likeness (QED) is 0.384. The van der Waals surface area contributed by atoms with Gasteiger partial charge in [0.1, 0.15) is 5.94 Å². The molecular weight excluding hydrogens is 144 g/mol. The number of esters is 1. The molecule has 1 heterocycles. The van der Waals surface area contributed by atoms with E-state index in [2.05, 4.69) is 0 Å². The molecule has 1 saturated heterocycles. The predicted octanol–water partition coefficient (Wildman–Crippen LogP) is 1.27. The van der Waals surface area contributed by atoms with Crippen LogP contribution in [0.5, 0.6) is 0 Å². The Hall–Kier alpha value is 0.170. The van der Waals surface area contributed by atoms with Crippen LogP contribution < -0.4 is 0 Å². The van der Waals surface area contributed by atoms with Gasteiger partial charge >= 0.3 is 5.97 Å². The smallest absolute Gasteiger partial charge is 0.307 e.